The van der Waals surface area contributed by atoms with Crippen molar-refractivity contribution in [1.82, 2.24) is 25.1 Å². The quantitative estimate of drug-likeness (QED) is 0.463. The van der Waals surface area contributed by atoms with Crippen molar-refractivity contribution >= 4 is 27.6 Å². The van der Waals surface area contributed by atoms with Crippen LogP contribution >= 0.6 is 0 Å². The van der Waals surface area contributed by atoms with Crippen LogP contribution in [-0.2, 0) is 0 Å². The molecule has 0 atom stereocenters. The maximum atomic E-state index is 5.02. The number of benzene rings is 2. The number of para-hydroxylation sites is 1. The molecular formula is C26H24N6. The van der Waals surface area contributed by atoms with Crippen molar-refractivity contribution < 1.29 is 0 Å². The van der Waals surface area contributed by atoms with Gasteiger partial charge < -0.3 is 9.80 Å². The summed E-state index contributed by atoms with van der Waals surface area (Å²) in [6, 6.07) is 23.0. The molecule has 3 aromatic heterocycles. The molecule has 2 aromatic carbocycles. The number of aromatic nitrogens is 4. The van der Waals surface area contributed by atoms with E-state index in [9.17, 15) is 0 Å². The van der Waals surface area contributed by atoms with Crippen molar-refractivity contribution in [2.75, 3.05) is 38.1 Å². The average molecular weight is 421 g/mol. The van der Waals surface area contributed by atoms with Gasteiger partial charge in [-0.25, -0.2) is 4.98 Å². The highest BCUT2D eigenvalue weighted by Crippen LogP contribution is 2.31. The lowest BCUT2D eigenvalue weighted by Crippen LogP contribution is -2.44. The van der Waals surface area contributed by atoms with E-state index in [1.807, 2.05) is 36.5 Å². The van der Waals surface area contributed by atoms with Crippen LogP contribution in [0.25, 0.3) is 44.5 Å². The van der Waals surface area contributed by atoms with E-state index in [0.717, 1.165) is 70.6 Å². The largest absolute Gasteiger partial charge is 0.369 e. The first-order chi connectivity index (χ1) is 15.8. The van der Waals surface area contributed by atoms with Gasteiger partial charge in [-0.3, -0.25) is 10.1 Å². The molecule has 158 valence electrons. The Labute approximate surface area is 186 Å². The Morgan fingerprint density at radius 3 is 2.50 bits per heavy atom. The lowest BCUT2D eigenvalue weighted by Gasteiger charge is -2.34. The second kappa shape index (κ2) is 7.73. The smallest absolute Gasteiger partial charge is 0.118 e. The number of rotatable bonds is 3. The first-order valence-electron chi connectivity index (χ1n) is 11.0. The molecule has 0 amide bonds. The lowest BCUT2D eigenvalue weighted by molar-refractivity contribution is 0.313. The molecule has 32 heavy (non-hydrogen) atoms. The zero-order chi connectivity index (χ0) is 21.5. The van der Waals surface area contributed by atoms with Crippen LogP contribution in [-0.4, -0.2) is 58.3 Å². The second-order valence-electron chi connectivity index (χ2n) is 8.38. The SMILES string of the molecule is CN1CCN(c2ccc(-c3n[nH]c4ccc(-c5ccnc6ccccc56)nc34)cc2)CC1. The third kappa shape index (κ3) is 3.29. The van der Waals surface area contributed by atoms with Crippen LogP contribution in [0.15, 0.2) is 72.9 Å². The van der Waals surface area contributed by atoms with Gasteiger partial charge in [0.05, 0.1) is 16.7 Å². The fourth-order valence-corrected chi connectivity index (χ4v) is 4.46. The van der Waals surface area contributed by atoms with Crippen LogP contribution in [0.4, 0.5) is 5.69 Å². The van der Waals surface area contributed by atoms with Crippen LogP contribution in [0.2, 0.25) is 0 Å². The second-order valence-corrected chi connectivity index (χ2v) is 8.38. The van der Waals surface area contributed by atoms with Gasteiger partial charge in [0.2, 0.25) is 0 Å². The Bertz CT molecular complexity index is 1390. The van der Waals surface area contributed by atoms with Crippen molar-refractivity contribution in [2.24, 2.45) is 0 Å². The molecule has 6 heteroatoms. The molecule has 0 unspecified atom stereocenters. The van der Waals surface area contributed by atoms with Crippen LogP contribution in [0.3, 0.4) is 0 Å². The van der Waals surface area contributed by atoms with Crippen LogP contribution < -0.4 is 4.90 Å². The third-order valence-corrected chi connectivity index (χ3v) is 6.34. The highest BCUT2D eigenvalue weighted by molar-refractivity contribution is 5.96. The topological polar surface area (TPSA) is 60.9 Å². The number of likely N-dealkylation sites (N-methyl/N-ethyl adjacent to an activating group) is 1. The first kappa shape index (κ1) is 19.0. The van der Waals surface area contributed by atoms with Crippen LogP contribution in [0.1, 0.15) is 0 Å². The molecule has 0 spiro atoms. The first-order valence-corrected chi connectivity index (χ1v) is 11.0. The highest BCUT2D eigenvalue weighted by atomic mass is 15.2. The zero-order valence-electron chi connectivity index (χ0n) is 18.0. The summed E-state index contributed by atoms with van der Waals surface area (Å²) in [5.74, 6) is 0. The maximum absolute atomic E-state index is 5.02. The number of fused-ring (bicyclic) bond motifs is 2. The Kier molecular flexibility index (Phi) is 4.58. The number of pyridine rings is 2. The monoisotopic (exact) mass is 420 g/mol. The number of nitrogens with one attached hydrogen (secondary N) is 1. The molecule has 6 rings (SSSR count). The normalized spacial score (nSPS) is 15.0. The number of piperazine rings is 1. The van der Waals surface area contributed by atoms with Gasteiger partial charge >= 0.3 is 0 Å². The predicted molar refractivity (Wildman–Crippen MR) is 130 cm³/mol. The molecule has 0 saturated carbocycles. The molecule has 0 radical (unpaired) electrons. The number of hydrogen-bond acceptors (Lipinski definition) is 5. The summed E-state index contributed by atoms with van der Waals surface area (Å²) in [7, 11) is 2.18. The Hall–Kier alpha value is -3.77. The van der Waals surface area contributed by atoms with E-state index in [0.29, 0.717) is 0 Å². The number of anilines is 1. The van der Waals surface area contributed by atoms with E-state index < -0.39 is 0 Å². The van der Waals surface area contributed by atoms with E-state index >= 15 is 0 Å². The van der Waals surface area contributed by atoms with Crippen molar-refractivity contribution in [2.45, 2.75) is 0 Å². The van der Waals surface area contributed by atoms with E-state index in [1.54, 1.807) is 0 Å². The minimum atomic E-state index is 0.880. The van der Waals surface area contributed by atoms with E-state index in [4.69, 9.17) is 4.98 Å². The fourth-order valence-electron chi connectivity index (χ4n) is 4.46. The molecule has 0 bridgehead atoms. The Morgan fingerprint density at radius 2 is 1.66 bits per heavy atom. The molecule has 6 nitrogen and oxygen atoms in total. The van der Waals surface area contributed by atoms with Crippen molar-refractivity contribution in [3.8, 4) is 22.5 Å². The van der Waals surface area contributed by atoms with Gasteiger partial charge in [0, 0.05) is 54.6 Å². The Balaban J connectivity index is 1.38. The van der Waals surface area contributed by atoms with Gasteiger partial charge in [-0.1, -0.05) is 30.3 Å². The summed E-state index contributed by atoms with van der Waals surface area (Å²) in [5.41, 5.74) is 8.00. The fraction of sp³-hybridized carbons (Fsp3) is 0.192. The standard InChI is InChI=1S/C26H24N6/c1-31-14-16-32(17-15-31)19-8-6-18(7-9-19)25-26-24(29-30-25)11-10-23(28-26)21-12-13-27-22-5-3-2-4-20(21)22/h2-13H,14-17H2,1H3,(H,29,30). The summed E-state index contributed by atoms with van der Waals surface area (Å²) in [6.07, 6.45) is 1.84. The molecule has 1 fully saturated rings. The molecule has 0 aliphatic carbocycles. The molecule has 1 saturated heterocycles. The summed E-state index contributed by atoms with van der Waals surface area (Å²) in [5, 5.41) is 8.84. The lowest BCUT2D eigenvalue weighted by atomic mass is 10.0. The van der Waals surface area contributed by atoms with Crippen molar-refractivity contribution in [3.05, 3.63) is 72.9 Å². The Morgan fingerprint density at radius 1 is 0.844 bits per heavy atom. The highest BCUT2D eigenvalue weighted by Gasteiger charge is 2.16. The van der Waals surface area contributed by atoms with Crippen LogP contribution in [0.5, 0.6) is 0 Å². The predicted octanol–water partition coefficient (Wildman–Crippen LogP) is 4.59. The van der Waals surface area contributed by atoms with Gasteiger partial charge in [-0.05, 0) is 43.4 Å². The number of nitrogens with zero attached hydrogens (tertiary/aromatic N) is 5. The van der Waals surface area contributed by atoms with E-state index in [1.165, 1.54) is 5.69 Å². The van der Waals surface area contributed by atoms with E-state index in [-0.39, 0.29) is 0 Å². The summed E-state index contributed by atoms with van der Waals surface area (Å²) in [4.78, 5) is 14.3. The van der Waals surface area contributed by atoms with Crippen molar-refractivity contribution in [3.63, 3.8) is 0 Å². The number of H-pyrrole nitrogens is 1. The molecule has 1 aliphatic heterocycles. The summed E-state index contributed by atoms with van der Waals surface area (Å²) >= 11 is 0. The van der Waals surface area contributed by atoms with Crippen molar-refractivity contribution in [1.29, 1.82) is 0 Å². The van der Waals surface area contributed by atoms with E-state index in [2.05, 4.69) is 68.4 Å². The van der Waals surface area contributed by atoms with Gasteiger partial charge in [0.15, 0.2) is 0 Å². The number of aromatic amines is 1. The summed E-state index contributed by atoms with van der Waals surface area (Å²) in [6.45, 7) is 4.32. The molecule has 4 heterocycles. The average Bonchev–Trinajstić information content (AvgIpc) is 3.28. The molecular weight excluding hydrogens is 396 g/mol. The third-order valence-electron chi connectivity index (χ3n) is 6.34. The zero-order valence-corrected chi connectivity index (χ0v) is 18.0. The molecule has 5 aromatic rings. The molecule has 1 N–H and O–H groups in total. The number of hydrogen-bond donors (Lipinski definition) is 1. The van der Waals surface area contributed by atoms with Gasteiger partial charge in [-0.2, -0.15) is 5.10 Å². The van der Waals surface area contributed by atoms with Gasteiger partial charge in [0.1, 0.15) is 11.2 Å². The van der Waals surface area contributed by atoms with Crippen LogP contribution in [0, 0.1) is 0 Å². The van der Waals surface area contributed by atoms with Gasteiger partial charge in [-0.15, -0.1) is 0 Å². The molecule has 1 aliphatic rings. The summed E-state index contributed by atoms with van der Waals surface area (Å²) < 4.78 is 0. The van der Waals surface area contributed by atoms with Gasteiger partial charge in [0.25, 0.3) is 0 Å². The minimum Gasteiger partial charge on any atom is -0.369 e. The minimum absolute atomic E-state index is 0.880. The maximum Gasteiger partial charge on any atom is 0.118 e.